The van der Waals surface area contributed by atoms with Crippen molar-refractivity contribution in [1.82, 2.24) is 10.2 Å². The number of urea groups is 1. The average molecular weight is 302 g/mol. The van der Waals surface area contributed by atoms with E-state index >= 15 is 0 Å². The summed E-state index contributed by atoms with van der Waals surface area (Å²) in [5.74, 6) is -0.818. The Hall–Kier alpha value is -1.44. The number of esters is 1. The lowest BCUT2D eigenvalue weighted by molar-refractivity contribution is -0.142. The first kappa shape index (κ1) is 15.0. The average Bonchev–Trinajstić information content (AvgIpc) is 3.15. The molecule has 0 radical (unpaired) electrons. The number of aliphatic carboxylic acids is 1. The second kappa shape index (κ2) is 5.90. The lowest BCUT2D eigenvalue weighted by Crippen LogP contribution is -2.53. The molecule has 1 aliphatic carbocycles. The normalized spacial score (nSPS) is 27.0. The summed E-state index contributed by atoms with van der Waals surface area (Å²) in [4.78, 5) is 36.2. The number of nitrogens with one attached hydrogen (secondary N) is 1. The molecule has 2 amide bonds. The van der Waals surface area contributed by atoms with Crippen molar-refractivity contribution >= 4 is 29.7 Å². The van der Waals surface area contributed by atoms with E-state index < -0.39 is 30.1 Å². The summed E-state index contributed by atoms with van der Waals surface area (Å²) in [7, 11) is 1.24. The van der Waals surface area contributed by atoms with Gasteiger partial charge >= 0.3 is 18.0 Å². The van der Waals surface area contributed by atoms with Crippen molar-refractivity contribution in [2.24, 2.45) is 5.92 Å². The van der Waals surface area contributed by atoms with Crippen LogP contribution in [0.2, 0.25) is 0 Å². The fraction of sp³-hybridized carbons (Fsp3) is 0.750. The predicted octanol–water partition coefficient (Wildman–Crippen LogP) is 0.496. The third kappa shape index (κ3) is 3.00. The molecule has 2 N–H and O–H groups in total. The van der Waals surface area contributed by atoms with Crippen LogP contribution >= 0.6 is 11.8 Å². The zero-order valence-electron chi connectivity index (χ0n) is 11.4. The molecule has 0 aromatic rings. The Morgan fingerprint density at radius 2 is 2.05 bits per heavy atom. The van der Waals surface area contributed by atoms with Crippen molar-refractivity contribution in [3.63, 3.8) is 0 Å². The van der Waals surface area contributed by atoms with Crippen molar-refractivity contribution in [3.8, 4) is 0 Å². The van der Waals surface area contributed by atoms with Crippen molar-refractivity contribution in [1.29, 1.82) is 0 Å². The fourth-order valence-corrected chi connectivity index (χ4v) is 3.85. The molecule has 0 spiro atoms. The Kier molecular flexibility index (Phi) is 4.42. The van der Waals surface area contributed by atoms with E-state index in [-0.39, 0.29) is 5.37 Å². The van der Waals surface area contributed by atoms with Crippen molar-refractivity contribution in [3.05, 3.63) is 0 Å². The molecule has 2 aliphatic rings. The van der Waals surface area contributed by atoms with E-state index in [1.807, 2.05) is 0 Å². The fourth-order valence-electron chi connectivity index (χ4n) is 2.22. The van der Waals surface area contributed by atoms with E-state index in [1.54, 1.807) is 0 Å². The second-order valence-electron chi connectivity index (χ2n) is 5.02. The number of carbonyl (C=O) groups excluding carboxylic acids is 2. The summed E-state index contributed by atoms with van der Waals surface area (Å²) < 4.78 is 4.54. The number of rotatable bonds is 4. The number of nitrogens with zero attached hydrogens (tertiary/aromatic N) is 1. The lowest BCUT2D eigenvalue weighted by atomic mass is 10.2. The van der Waals surface area contributed by atoms with E-state index in [9.17, 15) is 19.5 Å². The van der Waals surface area contributed by atoms with Gasteiger partial charge in [0, 0.05) is 5.75 Å². The maximum atomic E-state index is 12.3. The molecule has 3 unspecified atom stereocenters. The van der Waals surface area contributed by atoms with E-state index in [0.29, 0.717) is 11.7 Å². The molecule has 1 saturated carbocycles. The molecule has 1 saturated heterocycles. The highest BCUT2D eigenvalue weighted by Crippen LogP contribution is 2.45. The second-order valence-corrected chi connectivity index (χ2v) is 6.17. The van der Waals surface area contributed by atoms with Gasteiger partial charge in [0.2, 0.25) is 0 Å². The van der Waals surface area contributed by atoms with Crippen LogP contribution in [0.1, 0.15) is 19.8 Å². The quantitative estimate of drug-likeness (QED) is 0.734. The Labute approximate surface area is 121 Å². The summed E-state index contributed by atoms with van der Waals surface area (Å²) in [6, 6.07) is -2.15. The van der Waals surface area contributed by atoms with Gasteiger partial charge in [-0.1, -0.05) is 0 Å². The molecular formula is C12H18N2O5S. The third-order valence-corrected chi connectivity index (χ3v) is 4.94. The topological polar surface area (TPSA) is 95.9 Å². The first-order chi connectivity index (χ1) is 9.45. The van der Waals surface area contributed by atoms with Gasteiger partial charge in [0.1, 0.15) is 12.1 Å². The van der Waals surface area contributed by atoms with Gasteiger partial charge in [-0.3, -0.25) is 4.90 Å². The van der Waals surface area contributed by atoms with E-state index in [1.165, 1.54) is 30.7 Å². The molecular weight excluding hydrogens is 284 g/mol. The predicted molar refractivity (Wildman–Crippen MR) is 72.2 cm³/mol. The van der Waals surface area contributed by atoms with Crippen LogP contribution in [0.5, 0.6) is 0 Å². The zero-order chi connectivity index (χ0) is 14.9. The van der Waals surface area contributed by atoms with Gasteiger partial charge in [0.25, 0.3) is 0 Å². The molecule has 0 bridgehead atoms. The van der Waals surface area contributed by atoms with Gasteiger partial charge in [0.05, 0.1) is 12.5 Å². The molecule has 0 aromatic carbocycles. The number of hydrogen-bond acceptors (Lipinski definition) is 5. The number of thioether (sulfide) groups is 1. The number of methoxy groups -OCH3 is 1. The minimum Gasteiger partial charge on any atom is -0.480 e. The SMILES string of the molecule is COC(=O)C(C)NC(=O)N1C(C(=O)O)CSC1C1CC1. The van der Waals surface area contributed by atoms with E-state index in [4.69, 9.17) is 0 Å². The van der Waals surface area contributed by atoms with Crippen molar-refractivity contribution in [2.75, 3.05) is 12.9 Å². The summed E-state index contributed by atoms with van der Waals surface area (Å²) in [5.41, 5.74) is 0. The maximum Gasteiger partial charge on any atom is 0.328 e. The molecule has 3 atom stereocenters. The van der Waals surface area contributed by atoms with Crippen LogP contribution in [-0.4, -0.2) is 58.3 Å². The first-order valence-electron chi connectivity index (χ1n) is 6.46. The lowest BCUT2D eigenvalue weighted by Gasteiger charge is -2.28. The van der Waals surface area contributed by atoms with Gasteiger partial charge in [-0.15, -0.1) is 11.8 Å². The highest BCUT2D eigenvalue weighted by Gasteiger charge is 2.48. The highest BCUT2D eigenvalue weighted by molar-refractivity contribution is 8.00. The molecule has 0 aromatic heterocycles. The van der Waals surface area contributed by atoms with Crippen LogP contribution in [0.3, 0.4) is 0 Å². The Balaban J connectivity index is 2.06. The summed E-state index contributed by atoms with van der Waals surface area (Å²) >= 11 is 1.50. The largest absolute Gasteiger partial charge is 0.480 e. The molecule has 1 heterocycles. The molecule has 8 heteroatoms. The van der Waals surface area contributed by atoms with Crippen LogP contribution < -0.4 is 5.32 Å². The molecule has 2 rings (SSSR count). The minimum absolute atomic E-state index is 0.110. The number of hydrogen-bond donors (Lipinski definition) is 2. The van der Waals surface area contributed by atoms with Gasteiger partial charge in [-0.2, -0.15) is 0 Å². The summed E-state index contributed by atoms with van der Waals surface area (Å²) in [6.07, 6.45) is 2.03. The van der Waals surface area contributed by atoms with Gasteiger partial charge in [-0.05, 0) is 25.7 Å². The number of carboxylic acid groups (broad SMARTS) is 1. The number of ether oxygens (including phenoxy) is 1. The van der Waals surface area contributed by atoms with E-state index in [2.05, 4.69) is 10.1 Å². The van der Waals surface area contributed by atoms with Crippen molar-refractivity contribution in [2.45, 2.75) is 37.2 Å². The zero-order valence-corrected chi connectivity index (χ0v) is 12.2. The Morgan fingerprint density at radius 3 is 2.55 bits per heavy atom. The van der Waals surface area contributed by atoms with Crippen LogP contribution in [0, 0.1) is 5.92 Å². The Morgan fingerprint density at radius 1 is 1.40 bits per heavy atom. The highest BCUT2D eigenvalue weighted by atomic mass is 32.2. The summed E-state index contributed by atoms with van der Waals surface area (Å²) in [5, 5.41) is 11.6. The molecule has 7 nitrogen and oxygen atoms in total. The molecule has 20 heavy (non-hydrogen) atoms. The smallest absolute Gasteiger partial charge is 0.328 e. The monoisotopic (exact) mass is 302 g/mol. The third-order valence-electron chi connectivity index (χ3n) is 3.47. The molecule has 112 valence electrons. The van der Waals surface area contributed by atoms with E-state index in [0.717, 1.165) is 12.8 Å². The minimum atomic E-state index is -1.01. The van der Waals surface area contributed by atoms with Crippen LogP contribution in [0.15, 0.2) is 0 Å². The molecule has 2 fully saturated rings. The number of carboxylic acids is 1. The van der Waals surface area contributed by atoms with Gasteiger partial charge in [-0.25, -0.2) is 14.4 Å². The van der Waals surface area contributed by atoms with Crippen molar-refractivity contribution < 1.29 is 24.2 Å². The van der Waals surface area contributed by atoms with Crippen LogP contribution in [0.4, 0.5) is 4.79 Å². The summed E-state index contributed by atoms with van der Waals surface area (Å²) in [6.45, 7) is 1.51. The first-order valence-corrected chi connectivity index (χ1v) is 7.51. The molecule has 1 aliphatic heterocycles. The van der Waals surface area contributed by atoms with Crippen LogP contribution in [-0.2, 0) is 14.3 Å². The maximum absolute atomic E-state index is 12.3. The Bertz CT molecular complexity index is 426. The van der Waals surface area contributed by atoms with Gasteiger partial charge in [0.15, 0.2) is 0 Å². The number of carbonyl (C=O) groups is 3. The standard InChI is InChI=1S/C12H18N2O5S/c1-6(11(17)19-2)13-12(18)14-8(10(15)16)5-20-9(14)7-3-4-7/h6-9H,3-5H2,1-2H3,(H,13,18)(H,15,16). The van der Waals surface area contributed by atoms with Gasteiger partial charge < -0.3 is 15.2 Å². The van der Waals surface area contributed by atoms with Crippen LogP contribution in [0.25, 0.3) is 0 Å². The number of amides is 2.